The smallest absolute Gasteiger partial charge is 0.305 e. The van der Waals surface area contributed by atoms with E-state index in [-0.39, 0.29) is 18.2 Å². The van der Waals surface area contributed by atoms with Crippen molar-refractivity contribution in [3.63, 3.8) is 0 Å². The summed E-state index contributed by atoms with van der Waals surface area (Å²) >= 11 is 0. The molecule has 0 saturated carbocycles. The van der Waals surface area contributed by atoms with Gasteiger partial charge < -0.3 is 39.8 Å². The van der Waals surface area contributed by atoms with E-state index in [1.54, 1.807) is 0 Å². The Bertz CT molecular complexity index is 1010. The topological polar surface area (TPSA) is 110 Å². The third-order valence-electron chi connectivity index (χ3n) is 13.7. The zero-order valence-corrected chi connectivity index (χ0v) is 47.5. The van der Waals surface area contributed by atoms with Gasteiger partial charge in [-0.25, -0.2) is 0 Å². The normalized spacial score (nSPS) is 11.7. The molecule has 10 heteroatoms. The molecule has 3 N–H and O–H groups in total. The average Bonchev–Trinajstić information content (AvgIpc) is 3.36. The van der Waals surface area contributed by atoms with Crippen LogP contribution in [0.15, 0.2) is 0 Å². The van der Waals surface area contributed by atoms with Crippen LogP contribution < -0.4 is 16.0 Å². The number of carbonyl (C=O) groups excluding carboxylic acids is 2. The van der Waals surface area contributed by atoms with E-state index in [0.29, 0.717) is 26.1 Å². The van der Waals surface area contributed by atoms with E-state index < -0.39 is 0 Å². The Balaban J connectivity index is 4.44. The molecule has 0 aliphatic heterocycles. The van der Waals surface area contributed by atoms with Crippen LogP contribution in [0.2, 0.25) is 0 Å². The molecule has 0 bridgehead atoms. The lowest BCUT2D eigenvalue weighted by atomic mass is 10.1. The van der Waals surface area contributed by atoms with Crippen LogP contribution in [0, 0.1) is 0 Å². The van der Waals surface area contributed by atoms with Crippen LogP contribution in [0.4, 0.5) is 0 Å². The van der Waals surface area contributed by atoms with Crippen LogP contribution in [0.5, 0.6) is 0 Å². The van der Waals surface area contributed by atoms with E-state index in [4.69, 9.17) is 18.9 Å². The van der Waals surface area contributed by atoms with Gasteiger partial charge in [0.25, 0.3) is 0 Å². The second-order valence-corrected chi connectivity index (χ2v) is 20.7. The fourth-order valence-electron chi connectivity index (χ4n) is 9.00. The molecule has 70 heavy (non-hydrogen) atoms. The number of hydrogen-bond acceptors (Lipinski definition) is 10. The average molecular weight is 996 g/mol. The van der Waals surface area contributed by atoms with Gasteiger partial charge in [0.15, 0.2) is 6.29 Å². The number of hydrogen-bond donors (Lipinski definition) is 3. The van der Waals surface area contributed by atoms with Crippen molar-refractivity contribution in [2.24, 2.45) is 0 Å². The highest BCUT2D eigenvalue weighted by atomic mass is 16.7. The Morgan fingerprint density at radius 3 is 1.10 bits per heavy atom. The predicted molar refractivity (Wildman–Crippen MR) is 300 cm³/mol. The lowest BCUT2D eigenvalue weighted by molar-refractivity contribution is -0.148. The second kappa shape index (κ2) is 60.3. The summed E-state index contributed by atoms with van der Waals surface area (Å²) in [7, 11) is 0. The minimum absolute atomic E-state index is 0.0106. The number of nitrogens with zero attached hydrogens (tertiary/aromatic N) is 1. The molecule has 0 aliphatic rings. The maximum absolute atomic E-state index is 12.2. The first-order valence-corrected chi connectivity index (χ1v) is 31.0. The highest BCUT2D eigenvalue weighted by Gasteiger charge is 2.11. The third-order valence-corrected chi connectivity index (χ3v) is 13.7. The van der Waals surface area contributed by atoms with Gasteiger partial charge in [-0.3, -0.25) is 9.59 Å². The molecule has 0 amide bonds. The van der Waals surface area contributed by atoms with Gasteiger partial charge in [-0.05, 0) is 90.3 Å². The maximum atomic E-state index is 12.2. The lowest BCUT2D eigenvalue weighted by Crippen LogP contribution is -2.37. The molecule has 418 valence electrons. The Morgan fingerprint density at radius 1 is 0.329 bits per heavy atom. The minimum atomic E-state index is -0.0524. The highest BCUT2D eigenvalue weighted by Crippen LogP contribution is 2.15. The van der Waals surface area contributed by atoms with E-state index in [1.807, 2.05) is 0 Å². The molecule has 0 rings (SSSR count). The predicted octanol–water partition coefficient (Wildman–Crippen LogP) is 15.2. The summed E-state index contributed by atoms with van der Waals surface area (Å²) in [6.45, 7) is 21.3. The molecule has 0 fully saturated rings. The van der Waals surface area contributed by atoms with Crippen molar-refractivity contribution in [2.45, 2.75) is 291 Å². The monoisotopic (exact) mass is 995 g/mol. The Morgan fingerprint density at radius 2 is 0.657 bits per heavy atom. The minimum Gasteiger partial charge on any atom is -0.466 e. The molecule has 0 aromatic heterocycles. The Labute approximate surface area is 435 Å². The Kier molecular flexibility index (Phi) is 59.1. The lowest BCUT2D eigenvalue weighted by Gasteiger charge is -2.23. The third kappa shape index (κ3) is 56.0. The van der Waals surface area contributed by atoms with Gasteiger partial charge in [0, 0.05) is 65.3 Å². The molecular weight excluding hydrogens is 873 g/mol. The van der Waals surface area contributed by atoms with Crippen molar-refractivity contribution < 1.29 is 28.5 Å². The molecule has 0 spiro atoms. The van der Waals surface area contributed by atoms with Crippen molar-refractivity contribution in [2.75, 3.05) is 85.3 Å². The molecular formula is C60H122N4O6. The first kappa shape index (κ1) is 68.7. The summed E-state index contributed by atoms with van der Waals surface area (Å²) in [6.07, 6.45) is 47.1. The van der Waals surface area contributed by atoms with Gasteiger partial charge in [-0.15, -0.1) is 0 Å². The van der Waals surface area contributed by atoms with Gasteiger partial charge in [0.1, 0.15) is 0 Å². The zero-order chi connectivity index (χ0) is 50.7. The van der Waals surface area contributed by atoms with Crippen LogP contribution >= 0.6 is 0 Å². The maximum Gasteiger partial charge on any atom is 0.305 e. The molecule has 0 saturated heterocycles. The largest absolute Gasteiger partial charge is 0.466 e. The van der Waals surface area contributed by atoms with Crippen molar-refractivity contribution in [1.82, 2.24) is 20.9 Å². The standard InChI is InChI=1S/C60H122N4O6/c1-5-9-13-17-27-38-54-67-58(65)42-32-23-21-25-35-45-61-46-47-62-48-49-63-50-53-64(51-36-26-22-24-33-43-59(66)68-55-39-28-18-14-10-6-2)52-37-31-34-44-60(69-56-40-29-19-15-11-7-3)70-57-41-30-20-16-12-8-4/h60-63H,5-57H2,1-4H3. The van der Waals surface area contributed by atoms with Crippen molar-refractivity contribution in [3.8, 4) is 0 Å². The fraction of sp³-hybridized carbons (Fsp3) is 0.967. The quantitative estimate of drug-likeness (QED) is 0.0310. The SMILES string of the molecule is CCCCCCCCOC(=O)CCCCCCCNCCNCCNCCN(CCCCCCCC(=O)OCCCCCCCC)CCCCCC(OCCCCCCCC)OCCCCCCCC. The van der Waals surface area contributed by atoms with Crippen LogP contribution in [-0.2, 0) is 28.5 Å². The molecule has 0 aromatic carbocycles. The summed E-state index contributed by atoms with van der Waals surface area (Å²) in [6, 6.07) is 0. The molecule has 10 nitrogen and oxygen atoms in total. The first-order valence-electron chi connectivity index (χ1n) is 31.0. The molecule has 0 radical (unpaired) electrons. The van der Waals surface area contributed by atoms with Crippen LogP contribution in [0.1, 0.15) is 285 Å². The van der Waals surface area contributed by atoms with Crippen LogP contribution in [0.3, 0.4) is 0 Å². The molecule has 0 aliphatic carbocycles. The van der Waals surface area contributed by atoms with E-state index in [0.717, 1.165) is 136 Å². The fourth-order valence-corrected chi connectivity index (χ4v) is 9.00. The number of carbonyl (C=O) groups is 2. The van der Waals surface area contributed by atoms with Crippen molar-refractivity contribution in [1.29, 1.82) is 0 Å². The van der Waals surface area contributed by atoms with Gasteiger partial charge in [0.05, 0.1) is 13.2 Å². The van der Waals surface area contributed by atoms with E-state index in [9.17, 15) is 9.59 Å². The van der Waals surface area contributed by atoms with E-state index in [1.165, 1.54) is 180 Å². The molecule has 0 atom stereocenters. The van der Waals surface area contributed by atoms with Crippen LogP contribution in [-0.4, -0.2) is 108 Å². The number of ether oxygens (including phenoxy) is 4. The highest BCUT2D eigenvalue weighted by molar-refractivity contribution is 5.69. The second-order valence-electron chi connectivity index (χ2n) is 20.7. The summed E-state index contributed by atoms with van der Waals surface area (Å²) in [5.41, 5.74) is 0. The number of rotatable bonds is 61. The first-order chi connectivity index (χ1) is 34.6. The summed E-state index contributed by atoms with van der Waals surface area (Å²) in [5, 5.41) is 10.9. The zero-order valence-electron chi connectivity index (χ0n) is 47.5. The van der Waals surface area contributed by atoms with Crippen LogP contribution in [0.25, 0.3) is 0 Å². The summed E-state index contributed by atoms with van der Waals surface area (Å²) < 4.78 is 23.6. The summed E-state index contributed by atoms with van der Waals surface area (Å²) in [4.78, 5) is 26.9. The molecule has 0 aromatic rings. The van der Waals surface area contributed by atoms with Gasteiger partial charge >= 0.3 is 11.9 Å². The van der Waals surface area contributed by atoms with Crippen molar-refractivity contribution in [3.05, 3.63) is 0 Å². The number of unbranched alkanes of at least 4 members (excludes halogenated alkanes) is 30. The Hall–Kier alpha value is -1.30. The van der Waals surface area contributed by atoms with Crippen molar-refractivity contribution >= 4 is 11.9 Å². The summed E-state index contributed by atoms with van der Waals surface area (Å²) in [5.74, 6) is -0.0250. The van der Waals surface area contributed by atoms with E-state index in [2.05, 4.69) is 48.5 Å². The molecule has 0 unspecified atom stereocenters. The molecule has 0 heterocycles. The van der Waals surface area contributed by atoms with Gasteiger partial charge in [-0.1, -0.05) is 201 Å². The van der Waals surface area contributed by atoms with Gasteiger partial charge in [-0.2, -0.15) is 0 Å². The van der Waals surface area contributed by atoms with Gasteiger partial charge in [0.2, 0.25) is 0 Å². The number of esters is 2. The number of nitrogens with one attached hydrogen (secondary N) is 3. The van der Waals surface area contributed by atoms with E-state index >= 15 is 0 Å².